The molecule has 0 saturated carbocycles. The standard InChI is InChI=1S/C47H37NO4S9/c1-2-42(49)51-25-24-48-46(50)52-26-47(27-53-36-18-9-21-39-43(36)59-33-15-6-3-12-30(33)56-39,28-54-37-19-10-22-40-44(37)60-34-16-7-4-13-31(34)57-40)29-55-38-20-11-23-41-45(38)61-35-17-8-5-14-32(35)58-41/h2-23H,1,24-29H2,(H,48,50). The van der Waals surface area contributed by atoms with Gasteiger partial charge in [-0.15, -0.1) is 35.3 Å². The highest BCUT2D eigenvalue weighted by molar-refractivity contribution is 8.07. The summed E-state index contributed by atoms with van der Waals surface area (Å²) in [4.78, 5) is 43.9. The van der Waals surface area contributed by atoms with Gasteiger partial charge in [-0.05, 0) is 72.8 Å². The molecule has 0 aliphatic carbocycles. The summed E-state index contributed by atoms with van der Waals surface area (Å²) in [5, 5.41) is 2.80. The maximum absolute atomic E-state index is 13.4. The molecule has 6 aromatic carbocycles. The molecule has 1 amide bonds. The van der Waals surface area contributed by atoms with Crippen molar-refractivity contribution in [1.82, 2.24) is 5.32 Å². The second-order valence-electron chi connectivity index (χ2n) is 13.9. The second kappa shape index (κ2) is 20.2. The van der Waals surface area contributed by atoms with Crippen molar-refractivity contribution in [3.63, 3.8) is 0 Å². The third-order valence-corrected chi connectivity index (χ3v) is 22.0. The Kier molecular flexibility index (Phi) is 14.3. The normalized spacial score (nSPS) is 13.3. The predicted molar refractivity (Wildman–Crippen MR) is 259 cm³/mol. The van der Waals surface area contributed by atoms with E-state index in [2.05, 4.69) is 139 Å². The molecule has 3 aliphatic heterocycles. The average molecular weight is 968 g/mol. The van der Waals surface area contributed by atoms with E-state index in [1.807, 2.05) is 106 Å². The Morgan fingerprint density at radius 3 is 1.25 bits per heavy atom. The predicted octanol–water partition coefficient (Wildman–Crippen LogP) is 14.7. The third kappa shape index (κ3) is 10.3. The maximum atomic E-state index is 13.4. The van der Waals surface area contributed by atoms with E-state index in [0.29, 0.717) is 17.3 Å². The molecule has 0 atom stereocenters. The number of fused-ring (bicyclic) bond motifs is 6. The third-order valence-electron chi connectivity index (χ3n) is 9.57. The zero-order chi connectivity index (χ0) is 41.6. The van der Waals surface area contributed by atoms with Crippen LogP contribution in [0.25, 0.3) is 0 Å². The fraction of sp³-hybridized carbons (Fsp3) is 0.149. The Morgan fingerprint density at radius 2 is 0.869 bits per heavy atom. The first-order valence-corrected chi connectivity index (χ1v) is 27.1. The molecule has 0 aromatic heterocycles. The number of benzene rings is 6. The summed E-state index contributed by atoms with van der Waals surface area (Å²) in [6, 6.07) is 45.6. The lowest BCUT2D eigenvalue weighted by molar-refractivity contribution is -0.137. The SMILES string of the molecule is C=CC(=O)OCCNC(=O)OCC(CSc1cccc2c1Sc1ccccc1S2)(CSc1cccc2c1Sc1ccccc1S2)CSc1cccc2c1Sc1ccccc1S2. The van der Waals surface area contributed by atoms with Crippen LogP contribution >= 0.6 is 106 Å². The first-order chi connectivity index (χ1) is 29.9. The van der Waals surface area contributed by atoms with Crippen LogP contribution in [0.5, 0.6) is 0 Å². The van der Waals surface area contributed by atoms with Crippen molar-refractivity contribution in [2.45, 2.75) is 73.4 Å². The molecule has 0 fully saturated rings. The van der Waals surface area contributed by atoms with E-state index in [9.17, 15) is 9.59 Å². The Labute approximate surface area is 394 Å². The van der Waals surface area contributed by atoms with Gasteiger partial charge in [0, 0.05) is 102 Å². The number of esters is 1. The molecule has 14 heteroatoms. The van der Waals surface area contributed by atoms with Crippen LogP contribution in [0.1, 0.15) is 0 Å². The van der Waals surface area contributed by atoms with Crippen molar-refractivity contribution in [2.24, 2.45) is 5.41 Å². The van der Waals surface area contributed by atoms with Crippen LogP contribution < -0.4 is 5.32 Å². The molecule has 0 spiro atoms. The van der Waals surface area contributed by atoms with E-state index in [0.717, 1.165) is 6.08 Å². The molecule has 0 radical (unpaired) electrons. The maximum Gasteiger partial charge on any atom is 0.407 e. The molecule has 0 bridgehead atoms. The zero-order valence-electron chi connectivity index (χ0n) is 32.5. The van der Waals surface area contributed by atoms with Crippen molar-refractivity contribution in [3.05, 3.63) is 140 Å². The summed E-state index contributed by atoms with van der Waals surface area (Å²) in [5.74, 6) is 1.59. The topological polar surface area (TPSA) is 64.6 Å². The quantitative estimate of drug-likeness (QED) is 0.0460. The molecule has 6 aromatic rings. The van der Waals surface area contributed by atoms with Crippen molar-refractivity contribution in [3.8, 4) is 0 Å². The van der Waals surface area contributed by atoms with Crippen molar-refractivity contribution < 1.29 is 19.1 Å². The van der Waals surface area contributed by atoms with Crippen LogP contribution in [0.2, 0.25) is 0 Å². The summed E-state index contributed by atoms with van der Waals surface area (Å²) in [7, 11) is 0. The van der Waals surface area contributed by atoms with Crippen LogP contribution in [-0.2, 0) is 14.3 Å². The molecule has 5 nitrogen and oxygen atoms in total. The lowest BCUT2D eigenvalue weighted by Crippen LogP contribution is -2.39. The van der Waals surface area contributed by atoms with Gasteiger partial charge < -0.3 is 14.8 Å². The van der Waals surface area contributed by atoms with E-state index >= 15 is 0 Å². The fourth-order valence-corrected chi connectivity index (χ4v) is 18.3. The van der Waals surface area contributed by atoms with Crippen molar-refractivity contribution in [2.75, 3.05) is 37.0 Å². The molecule has 308 valence electrons. The Bertz CT molecular complexity index is 2370. The molecule has 61 heavy (non-hydrogen) atoms. The summed E-state index contributed by atoms with van der Waals surface area (Å²) in [6.07, 6.45) is 0.570. The van der Waals surface area contributed by atoms with Gasteiger partial charge in [0.2, 0.25) is 0 Å². The van der Waals surface area contributed by atoms with Gasteiger partial charge in [0.15, 0.2) is 0 Å². The monoisotopic (exact) mass is 967 g/mol. The van der Waals surface area contributed by atoms with Gasteiger partial charge >= 0.3 is 12.1 Å². The highest BCUT2D eigenvalue weighted by Gasteiger charge is 2.36. The number of carbonyl (C=O) groups excluding carboxylic acids is 2. The Morgan fingerprint density at radius 1 is 0.508 bits per heavy atom. The van der Waals surface area contributed by atoms with E-state index in [1.165, 1.54) is 73.4 Å². The van der Waals surface area contributed by atoms with Crippen LogP contribution in [0, 0.1) is 5.41 Å². The highest BCUT2D eigenvalue weighted by Crippen LogP contribution is 2.56. The van der Waals surface area contributed by atoms with Gasteiger partial charge in [0.05, 0.1) is 6.54 Å². The van der Waals surface area contributed by atoms with E-state index < -0.39 is 17.5 Å². The van der Waals surface area contributed by atoms with Crippen LogP contribution in [0.15, 0.2) is 213 Å². The Balaban J connectivity index is 1.03. The summed E-state index contributed by atoms with van der Waals surface area (Å²) < 4.78 is 11.3. The van der Waals surface area contributed by atoms with Crippen LogP contribution in [0.3, 0.4) is 0 Å². The number of rotatable bonds is 15. The number of carbonyl (C=O) groups is 2. The molecular formula is C47H37NO4S9. The van der Waals surface area contributed by atoms with Crippen LogP contribution in [-0.4, -0.2) is 49.1 Å². The van der Waals surface area contributed by atoms with Gasteiger partial charge in [-0.2, -0.15) is 0 Å². The summed E-state index contributed by atoms with van der Waals surface area (Å²) in [6.45, 7) is 3.80. The van der Waals surface area contributed by atoms with E-state index in [1.54, 1.807) is 0 Å². The minimum atomic E-state index is -0.541. The van der Waals surface area contributed by atoms with Gasteiger partial charge in [-0.3, -0.25) is 0 Å². The largest absolute Gasteiger partial charge is 0.461 e. The molecule has 3 heterocycles. The second-order valence-corrected chi connectivity index (χ2v) is 23.4. The molecule has 9 rings (SSSR count). The number of alkyl carbamates (subject to hydrolysis) is 1. The van der Waals surface area contributed by atoms with Crippen molar-refractivity contribution in [1.29, 1.82) is 0 Å². The molecule has 0 saturated heterocycles. The smallest absolute Gasteiger partial charge is 0.407 e. The number of ether oxygens (including phenoxy) is 2. The van der Waals surface area contributed by atoms with Gasteiger partial charge in [-0.25, -0.2) is 9.59 Å². The first kappa shape index (κ1) is 43.2. The lowest BCUT2D eigenvalue weighted by Gasteiger charge is -2.34. The number of nitrogens with one attached hydrogen (secondary N) is 1. The average Bonchev–Trinajstić information content (AvgIpc) is 3.30. The lowest BCUT2D eigenvalue weighted by atomic mass is 9.97. The molecule has 0 unspecified atom stereocenters. The number of hydrogen-bond acceptors (Lipinski definition) is 13. The van der Waals surface area contributed by atoms with E-state index in [4.69, 9.17) is 9.47 Å². The molecule has 3 aliphatic rings. The number of hydrogen-bond donors (Lipinski definition) is 1. The fourth-order valence-electron chi connectivity index (χ4n) is 6.49. The minimum Gasteiger partial charge on any atom is -0.461 e. The number of amides is 1. The van der Waals surface area contributed by atoms with Crippen molar-refractivity contribution >= 4 is 118 Å². The first-order valence-electron chi connectivity index (χ1n) is 19.3. The van der Waals surface area contributed by atoms with Gasteiger partial charge in [0.1, 0.15) is 13.2 Å². The van der Waals surface area contributed by atoms with Crippen LogP contribution in [0.4, 0.5) is 4.79 Å². The molecule has 1 N–H and O–H groups in total. The summed E-state index contributed by atoms with van der Waals surface area (Å²) in [5.41, 5.74) is -0.486. The van der Waals surface area contributed by atoms with Gasteiger partial charge in [0.25, 0.3) is 0 Å². The molecular weight excluding hydrogens is 931 g/mol. The van der Waals surface area contributed by atoms with E-state index in [-0.39, 0.29) is 19.8 Å². The highest BCUT2D eigenvalue weighted by atomic mass is 32.2. The summed E-state index contributed by atoms with van der Waals surface area (Å²) >= 11 is 16.5. The van der Waals surface area contributed by atoms with Gasteiger partial charge in [-0.1, -0.05) is 132 Å². The Hall–Kier alpha value is -3.05. The minimum absolute atomic E-state index is 0.0282. The zero-order valence-corrected chi connectivity index (χ0v) is 39.8. The number of thioether (sulfide) groups is 3.